The maximum Gasteiger partial charge on any atom is 0.490 e. The molecule has 9 nitrogen and oxygen atoms in total. The Kier molecular flexibility index (Phi) is 7.58. The zero-order valence-electron chi connectivity index (χ0n) is 20.0. The molecule has 0 bridgehead atoms. The lowest BCUT2D eigenvalue weighted by atomic mass is 10.1. The van der Waals surface area contributed by atoms with Crippen molar-refractivity contribution < 1.29 is 32.5 Å². The Morgan fingerprint density at radius 1 is 1.14 bits per heavy atom. The third-order valence-electron chi connectivity index (χ3n) is 5.69. The van der Waals surface area contributed by atoms with Crippen molar-refractivity contribution in [3.8, 4) is 17.0 Å². The second-order valence-corrected chi connectivity index (χ2v) is 8.17. The molecule has 0 saturated carbocycles. The highest BCUT2D eigenvalue weighted by Crippen LogP contribution is 2.30. The van der Waals surface area contributed by atoms with E-state index in [0.29, 0.717) is 13.2 Å². The third kappa shape index (κ3) is 5.97. The number of methoxy groups -OCH3 is 1. The van der Waals surface area contributed by atoms with Crippen molar-refractivity contribution in [3.05, 3.63) is 72.3 Å². The van der Waals surface area contributed by atoms with Crippen molar-refractivity contribution in [2.45, 2.75) is 19.2 Å². The summed E-state index contributed by atoms with van der Waals surface area (Å²) in [6, 6.07) is 18.3. The molecule has 4 heterocycles. The number of carboxylic acid groups (broad SMARTS) is 1. The average Bonchev–Trinajstić information content (AvgIpc) is 3.33. The number of alkyl halides is 3. The van der Waals surface area contributed by atoms with E-state index in [-0.39, 0.29) is 6.10 Å². The second-order valence-electron chi connectivity index (χ2n) is 8.17. The number of benzene rings is 1. The number of morpholine rings is 1. The molecule has 12 heteroatoms. The summed E-state index contributed by atoms with van der Waals surface area (Å²) >= 11 is 0. The number of aromatic nitrogens is 4. The topological polar surface area (TPSA) is 102 Å². The minimum absolute atomic E-state index is 0.132. The summed E-state index contributed by atoms with van der Waals surface area (Å²) in [4.78, 5) is 15.8. The molecule has 0 amide bonds. The fourth-order valence-corrected chi connectivity index (χ4v) is 3.89. The first kappa shape index (κ1) is 25.9. The molecule has 1 atom stereocenters. The van der Waals surface area contributed by atoms with Gasteiger partial charge in [-0.1, -0.05) is 18.2 Å². The zero-order chi connectivity index (χ0) is 26.6. The highest BCUT2D eigenvalue weighted by molar-refractivity contribution is 5.73. The van der Waals surface area contributed by atoms with Gasteiger partial charge in [0.05, 0.1) is 42.9 Å². The number of hydrogen-bond acceptors (Lipinski definition) is 7. The molecular weight excluding hydrogens is 491 g/mol. The van der Waals surface area contributed by atoms with Gasteiger partial charge < -0.3 is 19.5 Å². The van der Waals surface area contributed by atoms with Crippen molar-refractivity contribution in [3.63, 3.8) is 0 Å². The molecule has 1 aliphatic heterocycles. The van der Waals surface area contributed by atoms with Gasteiger partial charge in [-0.3, -0.25) is 4.40 Å². The predicted molar refractivity (Wildman–Crippen MR) is 129 cm³/mol. The molecule has 37 heavy (non-hydrogen) atoms. The van der Waals surface area contributed by atoms with Crippen LogP contribution in [0.3, 0.4) is 0 Å². The van der Waals surface area contributed by atoms with Gasteiger partial charge in [-0.25, -0.2) is 9.78 Å². The number of nitrogens with zero attached hydrogens (tertiary/aromatic N) is 5. The Labute approximate surface area is 210 Å². The number of aryl methyl sites for hydroxylation is 1. The van der Waals surface area contributed by atoms with Crippen LogP contribution in [-0.4, -0.2) is 63.6 Å². The fraction of sp³-hybridized carbons (Fsp3) is 0.280. The first-order valence-electron chi connectivity index (χ1n) is 11.2. The molecule has 194 valence electrons. The van der Waals surface area contributed by atoms with Crippen molar-refractivity contribution in [2.24, 2.45) is 0 Å². The Morgan fingerprint density at radius 2 is 1.89 bits per heavy atom. The van der Waals surface area contributed by atoms with E-state index >= 15 is 0 Å². The predicted octanol–water partition coefficient (Wildman–Crippen LogP) is 4.32. The standard InChI is InChI=1S/C23H23N5O2.C2HF3O2/c1-16-9-10-22(26-25-16)27-11-12-30-21(14-27)23-20-8-4-7-19(28(20)15-24-23)17-5-3-6-18(13-17)29-2;3-2(4,5)1(6)7/h3-10,13,15,21H,11-12,14H2,1-2H3;(H,6,7). The molecule has 1 fully saturated rings. The lowest BCUT2D eigenvalue weighted by molar-refractivity contribution is -0.192. The number of anilines is 1. The SMILES string of the molecule is COc1cccc(-c2cccc3c(C4CN(c5ccc(C)nn5)CCO4)ncn23)c1.O=C(O)C(F)(F)F. The van der Waals surface area contributed by atoms with Crippen LogP contribution in [0.2, 0.25) is 0 Å². The van der Waals surface area contributed by atoms with Gasteiger partial charge in [-0.2, -0.15) is 18.3 Å². The zero-order valence-corrected chi connectivity index (χ0v) is 20.0. The quantitative estimate of drug-likeness (QED) is 0.429. The van der Waals surface area contributed by atoms with Crippen molar-refractivity contribution in [2.75, 3.05) is 31.7 Å². The summed E-state index contributed by atoms with van der Waals surface area (Å²) in [5, 5.41) is 15.6. The Hall–Kier alpha value is -4.19. The number of aliphatic carboxylic acids is 1. The van der Waals surface area contributed by atoms with Gasteiger partial charge in [-0.05, 0) is 43.3 Å². The molecule has 1 aromatic carbocycles. The molecule has 5 rings (SSSR count). The molecule has 0 radical (unpaired) electrons. The molecule has 1 saturated heterocycles. The van der Waals surface area contributed by atoms with Gasteiger partial charge in [0.2, 0.25) is 0 Å². The Balaban J connectivity index is 0.000000405. The summed E-state index contributed by atoms with van der Waals surface area (Å²) in [6.07, 6.45) is -3.35. The largest absolute Gasteiger partial charge is 0.497 e. The minimum Gasteiger partial charge on any atom is -0.497 e. The van der Waals surface area contributed by atoms with Gasteiger partial charge >= 0.3 is 12.1 Å². The van der Waals surface area contributed by atoms with Crippen LogP contribution < -0.4 is 9.64 Å². The molecule has 3 aromatic heterocycles. The summed E-state index contributed by atoms with van der Waals surface area (Å²) < 4.78 is 45.3. The van der Waals surface area contributed by atoms with E-state index in [9.17, 15) is 13.2 Å². The summed E-state index contributed by atoms with van der Waals surface area (Å²) in [6.45, 7) is 4.04. The highest BCUT2D eigenvalue weighted by atomic mass is 19.4. The van der Waals surface area contributed by atoms with E-state index in [2.05, 4.69) is 43.8 Å². The number of ether oxygens (including phenoxy) is 2. The molecule has 1 aliphatic rings. The summed E-state index contributed by atoms with van der Waals surface area (Å²) in [5.41, 5.74) is 5.02. The second kappa shape index (κ2) is 10.8. The van der Waals surface area contributed by atoms with E-state index in [1.54, 1.807) is 7.11 Å². The van der Waals surface area contributed by atoms with E-state index in [4.69, 9.17) is 24.4 Å². The molecule has 1 unspecified atom stereocenters. The average molecular weight is 515 g/mol. The van der Waals surface area contributed by atoms with E-state index < -0.39 is 12.1 Å². The monoisotopic (exact) mass is 515 g/mol. The van der Waals surface area contributed by atoms with Gasteiger partial charge in [0, 0.05) is 12.1 Å². The van der Waals surface area contributed by atoms with Crippen LogP contribution in [-0.2, 0) is 9.53 Å². The van der Waals surface area contributed by atoms with Crippen LogP contribution in [0.5, 0.6) is 5.75 Å². The molecule has 0 aliphatic carbocycles. The number of hydrogen-bond donors (Lipinski definition) is 1. The van der Waals surface area contributed by atoms with Crippen LogP contribution in [0.1, 0.15) is 17.5 Å². The van der Waals surface area contributed by atoms with Crippen LogP contribution >= 0.6 is 0 Å². The molecule has 4 aromatic rings. The lowest BCUT2D eigenvalue weighted by Crippen LogP contribution is -2.39. The maximum atomic E-state index is 10.6. The molecule has 0 spiro atoms. The highest BCUT2D eigenvalue weighted by Gasteiger charge is 2.38. The van der Waals surface area contributed by atoms with Gasteiger partial charge in [-0.15, -0.1) is 5.10 Å². The Bertz CT molecular complexity index is 1380. The normalized spacial score (nSPS) is 15.7. The third-order valence-corrected chi connectivity index (χ3v) is 5.69. The van der Waals surface area contributed by atoms with Crippen molar-refractivity contribution >= 4 is 17.3 Å². The number of imidazole rings is 1. The number of fused-ring (bicyclic) bond motifs is 1. The van der Waals surface area contributed by atoms with E-state index in [1.807, 2.05) is 43.6 Å². The summed E-state index contributed by atoms with van der Waals surface area (Å²) in [5.74, 6) is -1.06. The number of carboxylic acids is 1. The van der Waals surface area contributed by atoms with Gasteiger partial charge in [0.15, 0.2) is 5.82 Å². The van der Waals surface area contributed by atoms with E-state index in [0.717, 1.165) is 46.3 Å². The first-order chi connectivity index (χ1) is 17.7. The maximum absolute atomic E-state index is 10.6. The number of rotatable bonds is 4. The smallest absolute Gasteiger partial charge is 0.490 e. The summed E-state index contributed by atoms with van der Waals surface area (Å²) in [7, 11) is 1.68. The molecule has 1 N–H and O–H groups in total. The van der Waals surface area contributed by atoms with E-state index in [1.165, 1.54) is 0 Å². The fourth-order valence-electron chi connectivity index (χ4n) is 3.89. The van der Waals surface area contributed by atoms with Crippen molar-refractivity contribution in [1.29, 1.82) is 0 Å². The molecular formula is C25H24F3N5O4. The Morgan fingerprint density at radius 3 is 2.57 bits per heavy atom. The minimum atomic E-state index is -5.08. The van der Waals surface area contributed by atoms with Crippen LogP contribution in [0.4, 0.5) is 19.0 Å². The first-order valence-corrected chi connectivity index (χ1v) is 11.2. The van der Waals surface area contributed by atoms with Crippen molar-refractivity contribution in [1.82, 2.24) is 19.6 Å². The van der Waals surface area contributed by atoms with Gasteiger partial charge in [0.25, 0.3) is 0 Å². The van der Waals surface area contributed by atoms with Crippen LogP contribution in [0.25, 0.3) is 16.8 Å². The van der Waals surface area contributed by atoms with Crippen LogP contribution in [0, 0.1) is 6.92 Å². The number of pyridine rings is 1. The number of halogens is 3. The number of carbonyl (C=O) groups is 1. The van der Waals surface area contributed by atoms with Gasteiger partial charge in [0.1, 0.15) is 18.2 Å². The lowest BCUT2D eigenvalue weighted by Gasteiger charge is -2.32. The van der Waals surface area contributed by atoms with Crippen LogP contribution in [0.15, 0.2) is 60.9 Å².